The van der Waals surface area contributed by atoms with Crippen LogP contribution < -0.4 is 5.11 Å². The van der Waals surface area contributed by atoms with E-state index in [9.17, 15) is 14.7 Å². The van der Waals surface area contributed by atoms with E-state index in [2.05, 4.69) is 0 Å². The zero-order chi connectivity index (χ0) is 12.3. The molecule has 0 saturated carbocycles. The predicted molar refractivity (Wildman–Crippen MR) is 61.3 cm³/mol. The molecule has 1 atom stereocenters. The molecule has 0 aliphatic heterocycles. The Balaban J connectivity index is 2.37. The van der Waals surface area contributed by atoms with Crippen molar-refractivity contribution < 1.29 is 14.7 Å². The van der Waals surface area contributed by atoms with Gasteiger partial charge in [-0.25, -0.2) is 0 Å². The highest BCUT2D eigenvalue weighted by Gasteiger charge is 2.19. The molecule has 0 aromatic heterocycles. The Morgan fingerprint density at radius 1 is 1.41 bits per heavy atom. The number of benzene rings is 1. The van der Waals surface area contributed by atoms with Crippen LogP contribution in [0.4, 0.5) is 0 Å². The second-order valence-corrected chi connectivity index (χ2v) is 4.28. The molecule has 1 aromatic carbocycles. The second-order valence-electron chi connectivity index (χ2n) is 4.28. The molecule has 0 bridgehead atoms. The van der Waals surface area contributed by atoms with Gasteiger partial charge in [-0.2, -0.15) is 0 Å². The fourth-order valence-corrected chi connectivity index (χ4v) is 2.32. The van der Waals surface area contributed by atoms with Crippen molar-refractivity contribution in [2.45, 2.75) is 25.2 Å². The van der Waals surface area contributed by atoms with Gasteiger partial charge in [0.2, 0.25) is 0 Å². The number of carbonyl (C=O) groups excluding carboxylic acids is 2. The van der Waals surface area contributed by atoms with E-state index in [1.807, 2.05) is 30.3 Å². The minimum Gasteiger partial charge on any atom is -0.550 e. The monoisotopic (exact) mass is 229 g/mol. The molecule has 0 radical (unpaired) electrons. The molecule has 3 nitrogen and oxygen atoms in total. The molecule has 0 saturated heterocycles. The number of carbonyl (C=O) groups is 2. The molecule has 0 heterocycles. The minimum atomic E-state index is -1.07. The van der Waals surface area contributed by atoms with E-state index in [1.54, 1.807) is 0 Å². The summed E-state index contributed by atoms with van der Waals surface area (Å²) in [6, 6.07) is 7.73. The molecule has 0 N–H and O–H groups in total. The van der Waals surface area contributed by atoms with Crippen LogP contribution in [0, 0.1) is 0 Å². The van der Waals surface area contributed by atoms with Crippen molar-refractivity contribution in [3.8, 4) is 0 Å². The van der Waals surface area contributed by atoms with E-state index < -0.39 is 5.97 Å². The summed E-state index contributed by atoms with van der Waals surface area (Å²) < 4.78 is 0. The second kappa shape index (κ2) is 4.95. The van der Waals surface area contributed by atoms with Crippen molar-refractivity contribution in [1.29, 1.82) is 0 Å². The van der Waals surface area contributed by atoms with E-state index in [4.69, 9.17) is 0 Å². The quantitative estimate of drug-likeness (QED) is 0.726. The number of hydrogen-bond acceptors (Lipinski definition) is 3. The van der Waals surface area contributed by atoms with E-state index in [1.165, 1.54) is 0 Å². The van der Waals surface area contributed by atoms with Gasteiger partial charge in [-0.05, 0) is 41.9 Å². The van der Waals surface area contributed by atoms with Crippen LogP contribution in [-0.4, -0.2) is 12.3 Å². The van der Waals surface area contributed by atoms with Crippen LogP contribution in [0.5, 0.6) is 0 Å². The molecular formula is C14H13O3-. The van der Waals surface area contributed by atoms with E-state index in [0.29, 0.717) is 18.4 Å². The first-order valence-corrected chi connectivity index (χ1v) is 5.62. The van der Waals surface area contributed by atoms with E-state index >= 15 is 0 Å². The Hall–Kier alpha value is -1.90. The molecule has 1 aromatic rings. The highest BCUT2D eigenvalue weighted by Crippen LogP contribution is 2.32. The van der Waals surface area contributed by atoms with Crippen LogP contribution >= 0.6 is 0 Å². The molecule has 0 spiro atoms. The van der Waals surface area contributed by atoms with Crippen molar-refractivity contribution in [2.24, 2.45) is 0 Å². The molecule has 88 valence electrons. The average Bonchev–Trinajstić information content (AvgIpc) is 2.49. The van der Waals surface area contributed by atoms with E-state index in [0.717, 1.165) is 17.4 Å². The fraction of sp³-hybridized carbons (Fsp3) is 0.286. The lowest BCUT2D eigenvalue weighted by atomic mass is 9.88. The number of carboxylic acids is 1. The predicted octanol–water partition coefficient (Wildman–Crippen LogP) is 0.982. The van der Waals surface area contributed by atoms with Crippen molar-refractivity contribution in [1.82, 2.24) is 0 Å². The maximum Gasteiger partial charge on any atom is 0.145 e. The standard InChI is InChI=1S/C14H14O3/c15-9-10-5-6-11-3-1-2-4-13(11)12(7-10)8-14(16)17/h1-5,9,12H,6-8H2,(H,16,17)/p-1. The maximum absolute atomic E-state index is 10.9. The van der Waals surface area contributed by atoms with Crippen molar-refractivity contribution in [3.63, 3.8) is 0 Å². The zero-order valence-corrected chi connectivity index (χ0v) is 9.39. The number of fused-ring (bicyclic) bond motifs is 1. The summed E-state index contributed by atoms with van der Waals surface area (Å²) in [6.07, 6.45) is 3.82. The minimum absolute atomic E-state index is 0.0395. The van der Waals surface area contributed by atoms with Gasteiger partial charge in [-0.15, -0.1) is 0 Å². The van der Waals surface area contributed by atoms with Gasteiger partial charge in [0.25, 0.3) is 0 Å². The van der Waals surface area contributed by atoms with Gasteiger partial charge in [0.15, 0.2) is 0 Å². The molecule has 1 aliphatic rings. The largest absolute Gasteiger partial charge is 0.550 e. The van der Waals surface area contributed by atoms with Gasteiger partial charge >= 0.3 is 0 Å². The molecule has 1 aliphatic carbocycles. The van der Waals surface area contributed by atoms with Crippen LogP contribution in [0.2, 0.25) is 0 Å². The van der Waals surface area contributed by atoms with E-state index in [-0.39, 0.29) is 12.3 Å². The van der Waals surface area contributed by atoms with Crippen LogP contribution in [-0.2, 0) is 16.0 Å². The highest BCUT2D eigenvalue weighted by molar-refractivity contribution is 5.74. The van der Waals surface area contributed by atoms with Crippen LogP contribution in [0.1, 0.15) is 29.9 Å². The lowest BCUT2D eigenvalue weighted by Gasteiger charge is -2.18. The van der Waals surface area contributed by atoms with Crippen LogP contribution in [0.3, 0.4) is 0 Å². The van der Waals surface area contributed by atoms with Crippen molar-refractivity contribution >= 4 is 12.3 Å². The first-order chi connectivity index (χ1) is 8.20. The maximum atomic E-state index is 10.9. The van der Waals surface area contributed by atoms with Gasteiger partial charge < -0.3 is 9.90 Å². The lowest BCUT2D eigenvalue weighted by Crippen LogP contribution is -2.24. The number of hydrogen-bond donors (Lipinski definition) is 0. The summed E-state index contributed by atoms with van der Waals surface area (Å²) in [4.78, 5) is 21.6. The molecule has 0 amide bonds. The van der Waals surface area contributed by atoms with Crippen molar-refractivity contribution in [3.05, 3.63) is 47.0 Å². The number of aliphatic carboxylic acids is 1. The summed E-state index contributed by atoms with van der Waals surface area (Å²) in [5, 5.41) is 10.8. The first-order valence-electron chi connectivity index (χ1n) is 5.62. The first kappa shape index (κ1) is 11.6. The summed E-state index contributed by atoms with van der Waals surface area (Å²) in [7, 11) is 0. The SMILES string of the molecule is O=CC1=CCc2ccccc2C(CC(=O)[O-])C1. The van der Waals surface area contributed by atoms with Crippen LogP contribution in [0.15, 0.2) is 35.9 Å². The summed E-state index contributed by atoms with van der Waals surface area (Å²) >= 11 is 0. The van der Waals surface area contributed by atoms with Crippen molar-refractivity contribution in [2.75, 3.05) is 0 Å². The summed E-state index contributed by atoms with van der Waals surface area (Å²) in [5.41, 5.74) is 2.79. The van der Waals surface area contributed by atoms with Gasteiger partial charge in [0.1, 0.15) is 6.29 Å². The average molecular weight is 229 g/mol. The van der Waals surface area contributed by atoms with Gasteiger partial charge in [-0.3, -0.25) is 4.79 Å². The number of aldehydes is 1. The molecule has 1 unspecified atom stereocenters. The van der Waals surface area contributed by atoms with Gasteiger partial charge in [0.05, 0.1) is 0 Å². The lowest BCUT2D eigenvalue weighted by molar-refractivity contribution is -0.306. The Morgan fingerprint density at radius 3 is 2.88 bits per heavy atom. The number of carboxylic acid groups (broad SMARTS) is 1. The Kier molecular flexibility index (Phi) is 3.38. The number of allylic oxidation sites excluding steroid dienone is 2. The Labute approximate surface area is 99.8 Å². The third-order valence-electron chi connectivity index (χ3n) is 3.13. The summed E-state index contributed by atoms with van der Waals surface area (Å²) in [6.45, 7) is 0. The molecular weight excluding hydrogens is 216 g/mol. The smallest absolute Gasteiger partial charge is 0.145 e. The number of rotatable bonds is 3. The van der Waals surface area contributed by atoms with Gasteiger partial charge in [-0.1, -0.05) is 30.3 Å². The molecule has 17 heavy (non-hydrogen) atoms. The molecule has 2 rings (SSSR count). The third-order valence-corrected chi connectivity index (χ3v) is 3.13. The Morgan fingerprint density at radius 2 is 2.18 bits per heavy atom. The third kappa shape index (κ3) is 2.61. The molecule has 0 fully saturated rings. The normalized spacial score (nSPS) is 18.8. The van der Waals surface area contributed by atoms with Gasteiger partial charge in [0, 0.05) is 5.97 Å². The molecule has 3 heteroatoms. The Bertz CT molecular complexity index is 474. The van der Waals surface area contributed by atoms with Crippen LogP contribution in [0.25, 0.3) is 0 Å². The highest BCUT2D eigenvalue weighted by atomic mass is 16.4. The zero-order valence-electron chi connectivity index (χ0n) is 9.39. The topological polar surface area (TPSA) is 57.2 Å². The summed E-state index contributed by atoms with van der Waals surface area (Å²) in [5.74, 6) is -1.23. The fourth-order valence-electron chi connectivity index (χ4n) is 2.32.